The van der Waals surface area contributed by atoms with E-state index >= 15 is 0 Å². The molecule has 0 spiro atoms. The zero-order valence-electron chi connectivity index (χ0n) is 18.2. The molecule has 1 aromatic rings. The predicted octanol–water partition coefficient (Wildman–Crippen LogP) is 2.48. The Bertz CT molecular complexity index is 894. The molecule has 2 amide bonds. The predicted molar refractivity (Wildman–Crippen MR) is 124 cm³/mol. The highest BCUT2D eigenvalue weighted by Crippen LogP contribution is 2.28. The average molecular weight is 450 g/mol. The van der Waals surface area contributed by atoms with Crippen molar-refractivity contribution in [3.8, 4) is 5.75 Å². The number of benzene rings is 1. The Morgan fingerprint density at radius 3 is 2.42 bits per heavy atom. The molecule has 0 saturated heterocycles. The molecule has 0 bridgehead atoms. The van der Waals surface area contributed by atoms with Gasteiger partial charge in [-0.25, -0.2) is 4.99 Å². The molecular weight excluding hydrogens is 418 g/mol. The third-order valence-electron chi connectivity index (χ3n) is 4.13. The van der Waals surface area contributed by atoms with E-state index in [0.717, 1.165) is 6.42 Å². The highest BCUT2D eigenvalue weighted by atomic mass is 32.1. The number of rotatable bonds is 11. The molecule has 1 aromatic carbocycles. The molecule has 0 saturated carbocycles. The van der Waals surface area contributed by atoms with Crippen LogP contribution < -0.4 is 21.5 Å². The van der Waals surface area contributed by atoms with Gasteiger partial charge in [-0.05, 0) is 36.5 Å². The summed E-state index contributed by atoms with van der Waals surface area (Å²) >= 11 is 4.33. The average Bonchev–Trinajstić information content (AvgIpc) is 2.67. The lowest BCUT2D eigenvalue weighted by Crippen LogP contribution is -2.35. The maximum absolute atomic E-state index is 12.7. The Kier molecular flexibility index (Phi) is 10.1. The Labute approximate surface area is 187 Å². The monoisotopic (exact) mass is 449 g/mol. The van der Waals surface area contributed by atoms with Crippen molar-refractivity contribution in [1.29, 1.82) is 5.41 Å². The maximum atomic E-state index is 12.7. The minimum atomic E-state index is -0.619. The van der Waals surface area contributed by atoms with Crippen molar-refractivity contribution < 1.29 is 19.4 Å². The van der Waals surface area contributed by atoms with E-state index < -0.39 is 17.6 Å². The molecule has 0 aromatic heterocycles. The number of nitrogens with zero attached hydrogens (tertiary/aromatic N) is 1. The number of nitrogens with two attached hydrogens (primary N) is 2. The van der Waals surface area contributed by atoms with Gasteiger partial charge in [0.05, 0.1) is 11.4 Å². The number of allylic oxidation sites excluding steroid dienone is 1. The number of thiol groups is 1. The first-order valence-corrected chi connectivity index (χ1v) is 10.3. The lowest BCUT2D eigenvalue weighted by atomic mass is 10.0. The van der Waals surface area contributed by atoms with Gasteiger partial charge < -0.3 is 32.0 Å². The molecule has 1 rings (SSSR count). The van der Waals surface area contributed by atoms with Crippen LogP contribution in [0.25, 0.3) is 0 Å². The number of amidine groups is 1. The zero-order valence-corrected chi connectivity index (χ0v) is 19.1. The fraction of sp³-hybridized carbons (Fsp3) is 0.429. The van der Waals surface area contributed by atoms with Crippen molar-refractivity contribution in [3.05, 3.63) is 29.5 Å². The summed E-state index contributed by atoms with van der Waals surface area (Å²) in [5, 5.41) is 21.3. The Morgan fingerprint density at radius 2 is 1.90 bits per heavy atom. The van der Waals surface area contributed by atoms with Gasteiger partial charge in [0.2, 0.25) is 0 Å². The highest BCUT2D eigenvalue weighted by molar-refractivity contribution is 7.80. The Hall–Kier alpha value is -3.01. The molecule has 0 atom stereocenters. The summed E-state index contributed by atoms with van der Waals surface area (Å²) in [6.45, 7) is 7.59. The van der Waals surface area contributed by atoms with E-state index in [0.29, 0.717) is 28.8 Å². The SMILES string of the molecule is CC(C)CCNC(=O)/C(C(N)=Nc1ccc(OCC(N)=O)cc1S)=C(/O)C(=N)C(C)C. The molecule has 31 heavy (non-hydrogen) atoms. The molecule has 0 fully saturated rings. The quantitative estimate of drug-likeness (QED) is 0.100. The van der Waals surface area contributed by atoms with Crippen LogP contribution in [0.15, 0.2) is 39.4 Å². The van der Waals surface area contributed by atoms with Crippen molar-refractivity contribution in [3.63, 3.8) is 0 Å². The van der Waals surface area contributed by atoms with E-state index in [1.165, 1.54) is 18.2 Å². The number of ether oxygens (including phenoxy) is 1. The minimum absolute atomic E-state index is 0.131. The number of aliphatic imine (C=N–C) groups is 1. The fourth-order valence-corrected chi connectivity index (χ4v) is 2.60. The molecule has 0 unspecified atom stereocenters. The van der Waals surface area contributed by atoms with Crippen LogP contribution >= 0.6 is 12.6 Å². The van der Waals surface area contributed by atoms with Crippen LogP contribution in [-0.2, 0) is 9.59 Å². The molecule has 0 aliphatic carbocycles. The number of aliphatic hydroxyl groups is 1. The van der Waals surface area contributed by atoms with Gasteiger partial charge in [-0.15, -0.1) is 12.6 Å². The first-order valence-electron chi connectivity index (χ1n) is 9.82. The summed E-state index contributed by atoms with van der Waals surface area (Å²) in [6, 6.07) is 4.59. The maximum Gasteiger partial charge on any atom is 0.258 e. The van der Waals surface area contributed by atoms with Crippen LogP contribution in [0, 0.1) is 17.2 Å². The molecule has 0 heterocycles. The Morgan fingerprint density at radius 1 is 1.26 bits per heavy atom. The van der Waals surface area contributed by atoms with Crippen LogP contribution in [0.2, 0.25) is 0 Å². The lowest BCUT2D eigenvalue weighted by molar-refractivity contribution is -0.120. The number of amides is 2. The number of hydrogen-bond acceptors (Lipinski definition) is 7. The molecule has 10 heteroatoms. The van der Waals surface area contributed by atoms with Gasteiger partial charge >= 0.3 is 0 Å². The second-order valence-corrected chi connectivity index (χ2v) is 8.11. The van der Waals surface area contributed by atoms with Gasteiger partial charge in [-0.3, -0.25) is 9.59 Å². The lowest BCUT2D eigenvalue weighted by Gasteiger charge is -2.14. The topological polar surface area (TPSA) is 164 Å². The van der Waals surface area contributed by atoms with E-state index in [1.54, 1.807) is 13.8 Å². The summed E-state index contributed by atoms with van der Waals surface area (Å²) in [5.41, 5.74) is 11.0. The number of carbonyl (C=O) groups excluding carboxylic acids is 2. The molecule has 9 nitrogen and oxygen atoms in total. The van der Waals surface area contributed by atoms with Crippen LogP contribution in [0.1, 0.15) is 34.1 Å². The van der Waals surface area contributed by atoms with Crippen molar-refractivity contribution in [2.75, 3.05) is 13.2 Å². The van der Waals surface area contributed by atoms with Crippen LogP contribution in [0.5, 0.6) is 5.75 Å². The van der Waals surface area contributed by atoms with Gasteiger partial charge in [-0.1, -0.05) is 27.7 Å². The zero-order chi connectivity index (χ0) is 23.7. The van der Waals surface area contributed by atoms with Gasteiger partial charge in [-0.2, -0.15) is 0 Å². The number of primary amides is 1. The fourth-order valence-electron chi connectivity index (χ4n) is 2.34. The van der Waals surface area contributed by atoms with E-state index in [9.17, 15) is 14.7 Å². The van der Waals surface area contributed by atoms with Crippen molar-refractivity contribution in [2.45, 2.75) is 39.0 Å². The number of aliphatic hydroxyl groups excluding tert-OH is 1. The van der Waals surface area contributed by atoms with E-state index in [2.05, 4.69) is 22.9 Å². The highest BCUT2D eigenvalue weighted by Gasteiger charge is 2.23. The van der Waals surface area contributed by atoms with Crippen molar-refractivity contribution in [2.24, 2.45) is 28.3 Å². The third kappa shape index (κ3) is 8.33. The molecule has 0 aliphatic rings. The molecule has 0 radical (unpaired) electrons. The summed E-state index contributed by atoms with van der Waals surface area (Å²) < 4.78 is 5.21. The van der Waals surface area contributed by atoms with Gasteiger partial charge in [0.15, 0.2) is 12.4 Å². The van der Waals surface area contributed by atoms with E-state index in [4.69, 9.17) is 21.6 Å². The smallest absolute Gasteiger partial charge is 0.258 e. The van der Waals surface area contributed by atoms with Crippen LogP contribution in [0.3, 0.4) is 0 Å². The van der Waals surface area contributed by atoms with E-state index in [1.807, 2.05) is 13.8 Å². The second kappa shape index (κ2) is 12.0. The second-order valence-electron chi connectivity index (χ2n) is 7.63. The molecular formula is C21H31N5O4S. The molecule has 0 aliphatic heterocycles. The number of nitrogens with one attached hydrogen (secondary N) is 2. The summed E-state index contributed by atoms with van der Waals surface area (Å²) in [6.07, 6.45) is 0.742. The van der Waals surface area contributed by atoms with Gasteiger partial charge in [0, 0.05) is 11.4 Å². The minimum Gasteiger partial charge on any atom is -0.505 e. The molecule has 7 N–H and O–H groups in total. The number of carbonyl (C=O) groups is 2. The first-order chi connectivity index (χ1) is 14.4. The third-order valence-corrected chi connectivity index (χ3v) is 4.49. The first kappa shape index (κ1) is 26.0. The summed E-state index contributed by atoms with van der Waals surface area (Å²) in [4.78, 5) is 28.2. The summed E-state index contributed by atoms with van der Waals surface area (Å²) in [7, 11) is 0. The van der Waals surface area contributed by atoms with Crippen LogP contribution in [0.4, 0.5) is 5.69 Å². The van der Waals surface area contributed by atoms with Gasteiger partial charge in [0.1, 0.15) is 17.2 Å². The van der Waals surface area contributed by atoms with E-state index in [-0.39, 0.29) is 29.6 Å². The standard InChI is InChI=1S/C21H31N5O4S/c1-11(2)7-8-25-21(29)17(19(28)18(23)12(3)4)20(24)26-14-6-5-13(9-15(14)31)30-10-16(22)27/h5-6,9,11-12,23,28,31H,7-8,10H2,1-4H3,(H2,22,27)(H2,24,26)(H,25,29)/b19-17+,23-18?. The van der Waals surface area contributed by atoms with Crippen LogP contribution in [-0.4, -0.2) is 41.6 Å². The van der Waals surface area contributed by atoms with Crippen molar-refractivity contribution in [1.82, 2.24) is 5.32 Å². The number of hydrogen-bond donors (Lipinski definition) is 6. The van der Waals surface area contributed by atoms with Gasteiger partial charge in [0.25, 0.3) is 11.8 Å². The Balaban J connectivity index is 3.27. The normalized spacial score (nSPS) is 12.5. The van der Waals surface area contributed by atoms with Crippen molar-refractivity contribution >= 4 is 41.7 Å². The molecule has 170 valence electrons. The largest absolute Gasteiger partial charge is 0.505 e. The summed E-state index contributed by atoms with van der Waals surface area (Å²) in [5.74, 6) is -1.61.